The third kappa shape index (κ3) is 2.96. The van der Waals surface area contributed by atoms with E-state index in [9.17, 15) is 9.18 Å². The van der Waals surface area contributed by atoms with Crippen LogP contribution in [0.2, 0.25) is 0 Å². The van der Waals surface area contributed by atoms with E-state index in [2.05, 4.69) is 5.32 Å². The number of hydrogen-bond donors (Lipinski definition) is 2. The van der Waals surface area contributed by atoms with Crippen LogP contribution in [0, 0.1) is 5.82 Å². The Morgan fingerprint density at radius 1 is 1.58 bits per heavy atom. The maximum Gasteiger partial charge on any atom is 0.318 e. The summed E-state index contributed by atoms with van der Waals surface area (Å²) in [4.78, 5) is 13.4. The van der Waals surface area contributed by atoms with Gasteiger partial charge in [0.25, 0.3) is 0 Å². The number of rotatable bonds is 5. The van der Waals surface area contributed by atoms with Gasteiger partial charge in [-0.15, -0.1) is 0 Å². The third-order valence-electron chi connectivity index (χ3n) is 3.20. The van der Waals surface area contributed by atoms with Crippen molar-refractivity contribution in [3.63, 3.8) is 0 Å². The Labute approximate surface area is 111 Å². The van der Waals surface area contributed by atoms with E-state index >= 15 is 0 Å². The predicted molar refractivity (Wildman–Crippen MR) is 69.5 cm³/mol. The number of urea groups is 1. The van der Waals surface area contributed by atoms with Crippen LogP contribution in [-0.2, 0) is 0 Å². The Morgan fingerprint density at radius 2 is 2.37 bits per heavy atom. The highest BCUT2D eigenvalue weighted by Crippen LogP contribution is 2.25. The first-order valence-electron chi connectivity index (χ1n) is 6.24. The Kier molecular flexibility index (Phi) is 4.21. The largest absolute Gasteiger partial charge is 0.494 e. The van der Waals surface area contributed by atoms with Crippen molar-refractivity contribution in [1.82, 2.24) is 10.2 Å². The van der Waals surface area contributed by atoms with Crippen molar-refractivity contribution >= 4 is 6.03 Å². The van der Waals surface area contributed by atoms with Crippen LogP contribution in [0.25, 0.3) is 0 Å². The third-order valence-corrected chi connectivity index (χ3v) is 3.20. The summed E-state index contributed by atoms with van der Waals surface area (Å²) in [5, 5.41) is 2.83. The van der Waals surface area contributed by atoms with Crippen LogP contribution in [0.1, 0.15) is 18.0 Å². The molecule has 1 saturated heterocycles. The predicted octanol–water partition coefficient (Wildman–Crippen LogP) is 1.25. The smallest absolute Gasteiger partial charge is 0.318 e. The molecule has 0 aliphatic carbocycles. The second-order valence-electron chi connectivity index (χ2n) is 4.48. The van der Waals surface area contributed by atoms with Crippen molar-refractivity contribution in [2.75, 3.05) is 26.7 Å². The lowest BCUT2D eigenvalue weighted by Crippen LogP contribution is -2.30. The van der Waals surface area contributed by atoms with Crippen LogP contribution in [-0.4, -0.2) is 37.7 Å². The van der Waals surface area contributed by atoms with Crippen molar-refractivity contribution in [2.24, 2.45) is 5.73 Å². The Bertz CT molecular complexity index is 467. The number of halogens is 1. The molecule has 5 nitrogen and oxygen atoms in total. The normalized spacial score (nSPS) is 18.6. The number of hydrogen-bond acceptors (Lipinski definition) is 3. The minimum Gasteiger partial charge on any atom is -0.494 e. The number of nitrogens with one attached hydrogen (secondary N) is 1. The molecule has 2 rings (SSSR count). The van der Waals surface area contributed by atoms with Gasteiger partial charge in [0.05, 0.1) is 13.2 Å². The molecule has 1 aliphatic heterocycles. The molecule has 3 N–H and O–H groups in total. The number of methoxy groups -OCH3 is 1. The molecule has 1 aliphatic rings. The zero-order chi connectivity index (χ0) is 13.8. The summed E-state index contributed by atoms with van der Waals surface area (Å²) >= 11 is 0. The van der Waals surface area contributed by atoms with Crippen LogP contribution in [0.4, 0.5) is 9.18 Å². The number of nitrogens with zero attached hydrogens (tertiary/aromatic N) is 1. The molecular formula is C13H18FN3O2. The fraction of sp³-hybridized carbons (Fsp3) is 0.462. The maximum absolute atomic E-state index is 13.6. The van der Waals surface area contributed by atoms with E-state index < -0.39 is 5.82 Å². The van der Waals surface area contributed by atoms with E-state index in [-0.39, 0.29) is 17.8 Å². The molecule has 104 valence electrons. The van der Waals surface area contributed by atoms with Crippen molar-refractivity contribution in [3.8, 4) is 5.75 Å². The lowest BCUT2D eigenvalue weighted by Gasteiger charge is -2.14. The maximum atomic E-state index is 13.6. The first kappa shape index (κ1) is 13.6. The van der Waals surface area contributed by atoms with Crippen molar-refractivity contribution < 1.29 is 13.9 Å². The summed E-state index contributed by atoms with van der Waals surface area (Å²) in [5.74, 6) is -0.220. The van der Waals surface area contributed by atoms with E-state index in [0.29, 0.717) is 19.6 Å². The fourth-order valence-electron chi connectivity index (χ4n) is 2.15. The van der Waals surface area contributed by atoms with Crippen LogP contribution >= 0.6 is 0 Å². The summed E-state index contributed by atoms with van der Waals surface area (Å²) < 4.78 is 18.5. The van der Waals surface area contributed by atoms with Gasteiger partial charge in [-0.3, -0.25) is 0 Å². The molecule has 0 radical (unpaired) electrons. The summed E-state index contributed by atoms with van der Waals surface area (Å²) in [6, 6.07) is 4.41. The molecule has 1 unspecified atom stereocenters. The number of carbonyl (C=O) groups excluding carboxylic acids is 1. The van der Waals surface area contributed by atoms with Crippen LogP contribution in [0.3, 0.4) is 0 Å². The Hall–Kier alpha value is -1.82. The van der Waals surface area contributed by atoms with Gasteiger partial charge >= 0.3 is 6.03 Å². The zero-order valence-corrected chi connectivity index (χ0v) is 10.9. The first-order chi connectivity index (χ1) is 9.15. The standard InChI is InChI=1S/C13H18FN3O2/c1-19-12-4-3-9(7-10(12)14)11-8-17(6-2-5-15)13(18)16-11/h3-4,7,11H,2,5-6,8,15H2,1H3,(H,16,18). The molecule has 1 heterocycles. The Morgan fingerprint density at radius 3 is 3.00 bits per heavy atom. The number of benzene rings is 1. The molecule has 1 aromatic carbocycles. The number of amides is 2. The summed E-state index contributed by atoms with van der Waals surface area (Å²) in [5.41, 5.74) is 6.17. The van der Waals surface area contributed by atoms with E-state index in [0.717, 1.165) is 12.0 Å². The number of carbonyl (C=O) groups is 1. The second-order valence-corrected chi connectivity index (χ2v) is 4.48. The van der Waals surface area contributed by atoms with Crippen molar-refractivity contribution in [3.05, 3.63) is 29.6 Å². The van der Waals surface area contributed by atoms with E-state index in [1.807, 2.05) is 0 Å². The van der Waals surface area contributed by atoms with Gasteiger partial charge in [0.15, 0.2) is 11.6 Å². The first-order valence-corrected chi connectivity index (χ1v) is 6.24. The minimum atomic E-state index is -0.422. The molecule has 0 spiro atoms. The SMILES string of the molecule is COc1ccc(C2CN(CCCN)C(=O)N2)cc1F. The van der Waals surface area contributed by atoms with Gasteiger partial charge in [0.2, 0.25) is 0 Å². The zero-order valence-electron chi connectivity index (χ0n) is 10.9. The molecule has 1 atom stereocenters. The van der Waals surface area contributed by atoms with Gasteiger partial charge in [0.1, 0.15) is 0 Å². The highest BCUT2D eigenvalue weighted by Gasteiger charge is 2.29. The van der Waals surface area contributed by atoms with Gasteiger partial charge in [-0.05, 0) is 30.7 Å². The number of ether oxygens (including phenoxy) is 1. The van der Waals surface area contributed by atoms with Gasteiger partial charge in [-0.2, -0.15) is 0 Å². The molecule has 0 aromatic heterocycles. The molecule has 0 bridgehead atoms. The second kappa shape index (κ2) is 5.88. The highest BCUT2D eigenvalue weighted by molar-refractivity contribution is 5.77. The topological polar surface area (TPSA) is 67.6 Å². The van der Waals surface area contributed by atoms with E-state index in [1.54, 1.807) is 17.0 Å². The highest BCUT2D eigenvalue weighted by atomic mass is 19.1. The van der Waals surface area contributed by atoms with Crippen LogP contribution < -0.4 is 15.8 Å². The molecule has 2 amide bonds. The summed E-state index contributed by atoms with van der Waals surface area (Å²) in [6.07, 6.45) is 0.761. The lowest BCUT2D eigenvalue weighted by atomic mass is 10.1. The summed E-state index contributed by atoms with van der Waals surface area (Å²) in [6.45, 7) is 1.70. The summed E-state index contributed by atoms with van der Waals surface area (Å²) in [7, 11) is 1.42. The molecule has 6 heteroatoms. The lowest BCUT2D eigenvalue weighted by molar-refractivity contribution is 0.217. The van der Waals surface area contributed by atoms with E-state index in [1.165, 1.54) is 13.2 Å². The van der Waals surface area contributed by atoms with Crippen molar-refractivity contribution in [2.45, 2.75) is 12.5 Å². The fourth-order valence-corrected chi connectivity index (χ4v) is 2.15. The minimum absolute atomic E-state index is 0.130. The average Bonchev–Trinajstić information content (AvgIpc) is 2.77. The molecule has 1 fully saturated rings. The molecule has 1 aromatic rings. The van der Waals surface area contributed by atoms with Gasteiger partial charge in [-0.1, -0.05) is 6.07 Å². The van der Waals surface area contributed by atoms with Crippen molar-refractivity contribution in [1.29, 1.82) is 0 Å². The van der Waals surface area contributed by atoms with E-state index in [4.69, 9.17) is 10.5 Å². The monoisotopic (exact) mass is 267 g/mol. The molecule has 0 saturated carbocycles. The van der Waals surface area contributed by atoms with Gasteiger partial charge < -0.3 is 20.7 Å². The molecule has 19 heavy (non-hydrogen) atoms. The van der Waals surface area contributed by atoms with Crippen LogP contribution in [0.5, 0.6) is 5.75 Å². The Balaban J connectivity index is 2.07. The number of nitrogens with two attached hydrogens (primary N) is 1. The van der Waals surface area contributed by atoms with Gasteiger partial charge in [0, 0.05) is 13.1 Å². The molecular weight excluding hydrogens is 249 g/mol. The van der Waals surface area contributed by atoms with Gasteiger partial charge in [-0.25, -0.2) is 9.18 Å². The average molecular weight is 267 g/mol. The quantitative estimate of drug-likeness (QED) is 0.843. The van der Waals surface area contributed by atoms with Crippen LogP contribution in [0.15, 0.2) is 18.2 Å².